The van der Waals surface area contributed by atoms with Crippen molar-refractivity contribution < 1.29 is 14.3 Å². The highest BCUT2D eigenvalue weighted by molar-refractivity contribution is 5.89. The van der Waals surface area contributed by atoms with Gasteiger partial charge in [-0.15, -0.1) is 0 Å². The van der Waals surface area contributed by atoms with Crippen LogP contribution in [0.5, 0.6) is 11.5 Å². The normalized spacial score (nSPS) is 38.3. The van der Waals surface area contributed by atoms with Gasteiger partial charge in [-0.05, 0) is 62.1 Å². The number of piperidine rings is 1. The number of hydrogen-bond donors (Lipinski definition) is 0. The zero-order chi connectivity index (χ0) is 16.8. The van der Waals surface area contributed by atoms with Gasteiger partial charge in [0.2, 0.25) is 0 Å². The lowest BCUT2D eigenvalue weighted by atomic mass is 9.51. The molecule has 2 bridgehead atoms. The SMILES string of the molecule is COc1ccc2c3c1O[C@@H]1C(=O)CC[C@@H]4[C@H](C2)N(CC2CC2)CCC314. The molecule has 4 atom stereocenters. The molecule has 1 spiro atoms. The molecule has 3 aliphatic carbocycles. The molecule has 2 heterocycles. The molecule has 1 saturated heterocycles. The van der Waals surface area contributed by atoms with Crippen molar-refractivity contribution in [1.82, 2.24) is 4.90 Å². The number of hydrogen-bond acceptors (Lipinski definition) is 4. The number of benzene rings is 1. The van der Waals surface area contributed by atoms with Gasteiger partial charge in [-0.3, -0.25) is 9.69 Å². The second-order valence-electron chi connectivity index (χ2n) is 8.74. The second kappa shape index (κ2) is 4.79. The number of carbonyl (C=O) groups is 1. The molecular weight excluding hydrogens is 314 g/mol. The molecule has 1 aromatic carbocycles. The number of carbonyl (C=O) groups excluding carboxylic acids is 1. The van der Waals surface area contributed by atoms with Crippen LogP contribution >= 0.6 is 0 Å². The Hall–Kier alpha value is -1.55. The molecule has 2 saturated carbocycles. The van der Waals surface area contributed by atoms with Crippen molar-refractivity contribution in [2.45, 2.75) is 56.1 Å². The maximum Gasteiger partial charge on any atom is 0.174 e. The summed E-state index contributed by atoms with van der Waals surface area (Å²) in [7, 11) is 1.70. The summed E-state index contributed by atoms with van der Waals surface area (Å²) in [5.74, 6) is 3.45. The van der Waals surface area contributed by atoms with Crippen LogP contribution in [-0.4, -0.2) is 43.0 Å². The summed E-state index contributed by atoms with van der Waals surface area (Å²) in [5.41, 5.74) is 2.64. The van der Waals surface area contributed by atoms with Crippen molar-refractivity contribution in [1.29, 1.82) is 0 Å². The Morgan fingerprint density at radius 2 is 2.20 bits per heavy atom. The van der Waals surface area contributed by atoms with Crippen LogP contribution < -0.4 is 9.47 Å². The summed E-state index contributed by atoms with van der Waals surface area (Å²) in [6, 6.07) is 4.85. The Morgan fingerprint density at radius 3 is 3.00 bits per heavy atom. The molecule has 0 N–H and O–H groups in total. The van der Waals surface area contributed by atoms with Gasteiger partial charge >= 0.3 is 0 Å². The molecule has 1 unspecified atom stereocenters. The summed E-state index contributed by atoms with van der Waals surface area (Å²) in [5, 5.41) is 0. The quantitative estimate of drug-likeness (QED) is 0.849. The summed E-state index contributed by atoms with van der Waals surface area (Å²) in [6.45, 7) is 2.37. The molecule has 3 fully saturated rings. The van der Waals surface area contributed by atoms with E-state index in [2.05, 4.69) is 11.0 Å². The number of ether oxygens (including phenoxy) is 2. The molecule has 0 radical (unpaired) electrons. The Morgan fingerprint density at radius 1 is 1.32 bits per heavy atom. The molecule has 25 heavy (non-hydrogen) atoms. The lowest BCUT2D eigenvalue weighted by Crippen LogP contribution is -2.66. The van der Waals surface area contributed by atoms with E-state index < -0.39 is 0 Å². The third kappa shape index (κ3) is 1.74. The maximum absolute atomic E-state index is 12.8. The van der Waals surface area contributed by atoms with Crippen LogP contribution in [-0.2, 0) is 16.6 Å². The fourth-order valence-corrected chi connectivity index (χ4v) is 6.42. The van der Waals surface area contributed by atoms with E-state index in [1.807, 2.05) is 6.07 Å². The van der Waals surface area contributed by atoms with Crippen LogP contribution in [0.15, 0.2) is 12.1 Å². The van der Waals surface area contributed by atoms with Crippen LogP contribution in [0, 0.1) is 11.8 Å². The molecule has 4 nitrogen and oxygen atoms in total. The lowest BCUT2D eigenvalue weighted by Gasteiger charge is -2.57. The number of methoxy groups -OCH3 is 1. The van der Waals surface area contributed by atoms with Crippen LogP contribution in [0.2, 0.25) is 0 Å². The Kier molecular flexibility index (Phi) is 2.80. The van der Waals surface area contributed by atoms with Crippen LogP contribution in [0.3, 0.4) is 0 Å². The molecule has 6 rings (SSSR count). The van der Waals surface area contributed by atoms with E-state index >= 15 is 0 Å². The van der Waals surface area contributed by atoms with E-state index in [1.54, 1.807) is 7.11 Å². The first-order valence-electron chi connectivity index (χ1n) is 9.86. The third-order valence-electron chi connectivity index (χ3n) is 7.62. The van der Waals surface area contributed by atoms with E-state index in [1.165, 1.54) is 30.5 Å². The summed E-state index contributed by atoms with van der Waals surface area (Å²) >= 11 is 0. The minimum atomic E-state index is -0.276. The fraction of sp³-hybridized carbons (Fsp3) is 0.667. The highest BCUT2D eigenvalue weighted by atomic mass is 16.5. The van der Waals surface area contributed by atoms with Crippen molar-refractivity contribution in [3.63, 3.8) is 0 Å². The Bertz CT molecular complexity index is 771. The summed E-state index contributed by atoms with van der Waals surface area (Å²) < 4.78 is 11.9. The number of ketones is 1. The molecular formula is C21H25NO3. The van der Waals surface area contributed by atoms with Gasteiger partial charge in [-0.1, -0.05) is 6.07 Å². The summed E-state index contributed by atoms with van der Waals surface area (Å²) in [6.07, 6.45) is 6.40. The molecule has 1 aromatic rings. The molecule has 2 aliphatic heterocycles. The zero-order valence-electron chi connectivity index (χ0n) is 14.8. The van der Waals surface area contributed by atoms with Gasteiger partial charge in [0.25, 0.3) is 0 Å². The monoisotopic (exact) mass is 339 g/mol. The van der Waals surface area contributed by atoms with Crippen molar-refractivity contribution in [2.24, 2.45) is 11.8 Å². The smallest absolute Gasteiger partial charge is 0.174 e. The van der Waals surface area contributed by atoms with Crippen molar-refractivity contribution >= 4 is 5.78 Å². The van der Waals surface area contributed by atoms with E-state index in [9.17, 15) is 4.79 Å². The molecule has 4 heteroatoms. The van der Waals surface area contributed by atoms with Gasteiger partial charge in [0, 0.05) is 30.0 Å². The van der Waals surface area contributed by atoms with Crippen molar-refractivity contribution in [3.8, 4) is 11.5 Å². The largest absolute Gasteiger partial charge is 0.493 e. The maximum atomic E-state index is 12.8. The van der Waals surface area contributed by atoms with E-state index in [0.717, 1.165) is 43.2 Å². The van der Waals surface area contributed by atoms with Gasteiger partial charge in [-0.25, -0.2) is 0 Å². The van der Waals surface area contributed by atoms with E-state index in [0.29, 0.717) is 24.2 Å². The highest BCUT2D eigenvalue weighted by Gasteiger charge is 2.66. The minimum Gasteiger partial charge on any atom is -0.493 e. The molecule has 5 aliphatic rings. The number of likely N-dealkylation sites (tertiary alicyclic amines) is 1. The first kappa shape index (κ1) is 14.6. The summed E-state index contributed by atoms with van der Waals surface area (Å²) in [4.78, 5) is 15.6. The Balaban J connectivity index is 1.53. The number of Topliss-reactive ketones (excluding diaryl/α,β-unsaturated/α-hetero) is 1. The van der Waals surface area contributed by atoms with Gasteiger partial charge in [0.15, 0.2) is 23.4 Å². The predicted octanol–water partition coefficient (Wildman–Crippen LogP) is 2.71. The standard InChI is InChI=1S/C21H25NO3/c1-24-17-7-4-13-10-15-14-5-6-16(23)20-21(14,18(13)19(17)25-20)8-9-22(15)11-12-2-3-12/h4,7,12,14-15,20H,2-3,5-6,8-11H2,1H3/t14-,15+,20-,21?/m1/s1. The van der Waals surface area contributed by atoms with Crippen molar-refractivity contribution in [2.75, 3.05) is 20.2 Å². The van der Waals surface area contributed by atoms with Gasteiger partial charge in [0.1, 0.15) is 0 Å². The third-order valence-corrected chi connectivity index (χ3v) is 7.62. The van der Waals surface area contributed by atoms with Crippen LogP contribution in [0.4, 0.5) is 0 Å². The minimum absolute atomic E-state index is 0.0858. The van der Waals surface area contributed by atoms with Crippen molar-refractivity contribution in [3.05, 3.63) is 23.3 Å². The molecule has 0 amide bonds. The lowest BCUT2D eigenvalue weighted by molar-refractivity contribution is -0.138. The van der Waals surface area contributed by atoms with Crippen LogP contribution in [0.25, 0.3) is 0 Å². The highest BCUT2D eigenvalue weighted by Crippen LogP contribution is 2.63. The Labute approximate surface area is 148 Å². The fourth-order valence-electron chi connectivity index (χ4n) is 6.42. The second-order valence-corrected chi connectivity index (χ2v) is 8.74. The van der Waals surface area contributed by atoms with E-state index in [-0.39, 0.29) is 11.5 Å². The van der Waals surface area contributed by atoms with Gasteiger partial charge in [-0.2, -0.15) is 0 Å². The number of rotatable bonds is 3. The topological polar surface area (TPSA) is 38.8 Å². The first-order chi connectivity index (χ1) is 12.2. The molecule has 0 aromatic heterocycles. The molecule has 132 valence electrons. The number of nitrogens with zero attached hydrogens (tertiary/aromatic N) is 1. The van der Waals surface area contributed by atoms with Gasteiger partial charge in [0.05, 0.1) is 7.11 Å². The van der Waals surface area contributed by atoms with E-state index in [4.69, 9.17) is 9.47 Å². The average molecular weight is 339 g/mol. The zero-order valence-corrected chi connectivity index (χ0v) is 14.8. The first-order valence-corrected chi connectivity index (χ1v) is 9.86. The predicted molar refractivity (Wildman–Crippen MR) is 93.2 cm³/mol. The average Bonchev–Trinajstić information content (AvgIpc) is 3.36. The van der Waals surface area contributed by atoms with Crippen LogP contribution in [0.1, 0.15) is 43.2 Å². The van der Waals surface area contributed by atoms with Gasteiger partial charge < -0.3 is 9.47 Å².